The molecule has 4 heteroatoms. The molecule has 0 atom stereocenters. The van der Waals surface area contributed by atoms with Gasteiger partial charge in [0.25, 0.3) is 0 Å². The molecule has 0 bridgehead atoms. The molecule has 2 N–H and O–H groups in total. The van der Waals surface area contributed by atoms with Gasteiger partial charge in [-0.15, -0.1) is 0 Å². The standard InChI is InChI=1S/C17H18N2O2/c1-2-3-10-20-14-8-9-16-15(11-14)19-17(21-16)12-4-6-13(18)7-5-12/h4-9,11H,2-3,10,18H2,1H3. The zero-order valence-electron chi connectivity index (χ0n) is 12.0. The second-order valence-electron chi connectivity index (χ2n) is 4.97. The zero-order valence-corrected chi connectivity index (χ0v) is 12.0. The Morgan fingerprint density at radius 2 is 1.95 bits per heavy atom. The first-order valence-corrected chi connectivity index (χ1v) is 7.15. The minimum absolute atomic E-state index is 0.593. The summed E-state index contributed by atoms with van der Waals surface area (Å²) in [6, 6.07) is 13.2. The van der Waals surface area contributed by atoms with Crippen LogP contribution in [-0.2, 0) is 0 Å². The number of hydrogen-bond donors (Lipinski definition) is 1. The largest absolute Gasteiger partial charge is 0.494 e. The third-order valence-corrected chi connectivity index (χ3v) is 3.28. The molecule has 21 heavy (non-hydrogen) atoms. The van der Waals surface area contributed by atoms with Crippen molar-refractivity contribution < 1.29 is 9.15 Å². The van der Waals surface area contributed by atoms with Gasteiger partial charge in [-0.2, -0.15) is 0 Å². The normalized spacial score (nSPS) is 10.9. The van der Waals surface area contributed by atoms with Crippen LogP contribution >= 0.6 is 0 Å². The second-order valence-corrected chi connectivity index (χ2v) is 4.97. The highest BCUT2D eigenvalue weighted by Gasteiger charge is 2.09. The lowest BCUT2D eigenvalue weighted by molar-refractivity contribution is 0.309. The molecule has 0 saturated heterocycles. The Balaban J connectivity index is 1.87. The molecule has 0 fully saturated rings. The van der Waals surface area contributed by atoms with Crippen molar-refractivity contribution in [1.29, 1.82) is 0 Å². The summed E-state index contributed by atoms with van der Waals surface area (Å²) in [5, 5.41) is 0. The van der Waals surface area contributed by atoms with Gasteiger partial charge in [0.05, 0.1) is 6.61 Å². The number of rotatable bonds is 5. The number of benzene rings is 2. The van der Waals surface area contributed by atoms with E-state index in [9.17, 15) is 0 Å². The lowest BCUT2D eigenvalue weighted by atomic mass is 10.2. The van der Waals surface area contributed by atoms with Crippen molar-refractivity contribution >= 4 is 16.8 Å². The van der Waals surface area contributed by atoms with E-state index >= 15 is 0 Å². The molecular formula is C17H18N2O2. The molecule has 0 unspecified atom stereocenters. The number of fused-ring (bicyclic) bond motifs is 1. The van der Waals surface area contributed by atoms with Crippen LogP contribution in [0, 0.1) is 0 Å². The van der Waals surface area contributed by atoms with E-state index in [2.05, 4.69) is 11.9 Å². The zero-order chi connectivity index (χ0) is 14.7. The number of nitrogens with two attached hydrogens (primary N) is 1. The number of nitrogens with zero attached hydrogens (tertiary/aromatic N) is 1. The number of oxazole rings is 1. The molecule has 0 amide bonds. The quantitative estimate of drug-likeness (QED) is 0.561. The summed E-state index contributed by atoms with van der Waals surface area (Å²) < 4.78 is 11.5. The van der Waals surface area contributed by atoms with E-state index in [1.165, 1.54) is 0 Å². The molecule has 2 aromatic carbocycles. The van der Waals surface area contributed by atoms with Gasteiger partial charge < -0.3 is 14.9 Å². The maximum Gasteiger partial charge on any atom is 0.227 e. The summed E-state index contributed by atoms with van der Waals surface area (Å²) in [5.74, 6) is 1.42. The highest BCUT2D eigenvalue weighted by atomic mass is 16.5. The van der Waals surface area contributed by atoms with Gasteiger partial charge in [-0.3, -0.25) is 0 Å². The van der Waals surface area contributed by atoms with Gasteiger partial charge in [0.15, 0.2) is 5.58 Å². The Morgan fingerprint density at radius 3 is 2.71 bits per heavy atom. The Bertz CT molecular complexity index is 732. The fourth-order valence-corrected chi connectivity index (χ4v) is 2.08. The van der Waals surface area contributed by atoms with Crippen molar-refractivity contribution in [3.8, 4) is 17.2 Å². The van der Waals surface area contributed by atoms with E-state index in [1.807, 2.05) is 42.5 Å². The third-order valence-electron chi connectivity index (χ3n) is 3.28. The Kier molecular flexibility index (Phi) is 3.77. The monoisotopic (exact) mass is 282 g/mol. The van der Waals surface area contributed by atoms with E-state index in [4.69, 9.17) is 14.9 Å². The van der Waals surface area contributed by atoms with Crippen LogP contribution in [-0.4, -0.2) is 11.6 Å². The summed E-state index contributed by atoms with van der Waals surface area (Å²) in [4.78, 5) is 4.51. The molecule has 0 radical (unpaired) electrons. The van der Waals surface area contributed by atoms with Crippen LogP contribution in [0.25, 0.3) is 22.6 Å². The summed E-state index contributed by atoms with van der Waals surface area (Å²) >= 11 is 0. The number of anilines is 1. The van der Waals surface area contributed by atoms with Gasteiger partial charge in [-0.25, -0.2) is 4.98 Å². The highest BCUT2D eigenvalue weighted by Crippen LogP contribution is 2.27. The van der Waals surface area contributed by atoms with Crippen LogP contribution in [0.15, 0.2) is 46.9 Å². The summed E-state index contributed by atoms with van der Waals surface area (Å²) in [6.45, 7) is 2.87. The number of unbranched alkanes of at least 4 members (excludes halogenated alkanes) is 1. The lowest BCUT2D eigenvalue weighted by Crippen LogP contribution is -1.95. The number of hydrogen-bond acceptors (Lipinski definition) is 4. The first-order valence-electron chi connectivity index (χ1n) is 7.15. The van der Waals surface area contributed by atoms with Crippen LogP contribution in [0.2, 0.25) is 0 Å². The van der Waals surface area contributed by atoms with Gasteiger partial charge in [0, 0.05) is 17.3 Å². The molecule has 108 valence electrons. The maximum absolute atomic E-state index is 5.77. The predicted molar refractivity (Wildman–Crippen MR) is 84.3 cm³/mol. The molecular weight excluding hydrogens is 264 g/mol. The minimum Gasteiger partial charge on any atom is -0.494 e. The lowest BCUT2D eigenvalue weighted by Gasteiger charge is -2.03. The van der Waals surface area contributed by atoms with Crippen LogP contribution < -0.4 is 10.5 Å². The van der Waals surface area contributed by atoms with E-state index in [1.54, 1.807) is 0 Å². The van der Waals surface area contributed by atoms with Crippen LogP contribution in [0.3, 0.4) is 0 Å². The van der Waals surface area contributed by atoms with Gasteiger partial charge in [0.2, 0.25) is 5.89 Å². The molecule has 0 saturated carbocycles. The van der Waals surface area contributed by atoms with Crippen LogP contribution in [0.1, 0.15) is 19.8 Å². The Labute approximate surface area is 123 Å². The smallest absolute Gasteiger partial charge is 0.227 e. The van der Waals surface area contributed by atoms with Gasteiger partial charge in [0.1, 0.15) is 11.3 Å². The number of aromatic nitrogens is 1. The molecule has 4 nitrogen and oxygen atoms in total. The summed E-state index contributed by atoms with van der Waals surface area (Å²) in [6.07, 6.45) is 2.17. The van der Waals surface area contributed by atoms with Crippen LogP contribution in [0.4, 0.5) is 5.69 Å². The van der Waals surface area contributed by atoms with Crippen molar-refractivity contribution in [1.82, 2.24) is 4.98 Å². The van der Waals surface area contributed by atoms with Crippen molar-refractivity contribution in [2.24, 2.45) is 0 Å². The van der Waals surface area contributed by atoms with E-state index in [-0.39, 0.29) is 0 Å². The molecule has 0 aliphatic heterocycles. The van der Waals surface area contributed by atoms with Gasteiger partial charge in [-0.1, -0.05) is 13.3 Å². The first-order chi connectivity index (χ1) is 10.3. The average Bonchev–Trinajstić information content (AvgIpc) is 2.91. The molecule has 0 aliphatic rings. The Hall–Kier alpha value is -2.49. The molecule has 1 aromatic heterocycles. The minimum atomic E-state index is 0.593. The van der Waals surface area contributed by atoms with Crippen molar-refractivity contribution in [2.75, 3.05) is 12.3 Å². The van der Waals surface area contributed by atoms with E-state index < -0.39 is 0 Å². The highest BCUT2D eigenvalue weighted by molar-refractivity contribution is 5.77. The molecule has 0 aliphatic carbocycles. The predicted octanol–water partition coefficient (Wildman–Crippen LogP) is 4.26. The third kappa shape index (κ3) is 2.99. The summed E-state index contributed by atoms with van der Waals surface area (Å²) in [7, 11) is 0. The fraction of sp³-hybridized carbons (Fsp3) is 0.235. The molecule has 3 rings (SSSR count). The molecule has 1 heterocycles. The molecule has 3 aromatic rings. The Morgan fingerprint density at radius 1 is 1.14 bits per heavy atom. The topological polar surface area (TPSA) is 61.3 Å². The first kappa shape index (κ1) is 13.5. The average molecular weight is 282 g/mol. The van der Waals surface area contributed by atoms with Crippen molar-refractivity contribution in [3.63, 3.8) is 0 Å². The SMILES string of the molecule is CCCCOc1ccc2oc(-c3ccc(N)cc3)nc2c1. The van der Waals surface area contributed by atoms with E-state index in [0.29, 0.717) is 5.89 Å². The fourth-order valence-electron chi connectivity index (χ4n) is 2.08. The van der Waals surface area contributed by atoms with E-state index in [0.717, 1.165) is 47.5 Å². The van der Waals surface area contributed by atoms with Crippen LogP contribution in [0.5, 0.6) is 5.75 Å². The summed E-state index contributed by atoms with van der Waals surface area (Å²) in [5.41, 5.74) is 8.88. The second kappa shape index (κ2) is 5.87. The van der Waals surface area contributed by atoms with Crippen molar-refractivity contribution in [3.05, 3.63) is 42.5 Å². The van der Waals surface area contributed by atoms with Gasteiger partial charge in [-0.05, 0) is 42.8 Å². The molecule has 0 spiro atoms. The maximum atomic E-state index is 5.77. The van der Waals surface area contributed by atoms with Crippen molar-refractivity contribution in [2.45, 2.75) is 19.8 Å². The number of nitrogen functional groups attached to an aromatic ring is 1. The van der Waals surface area contributed by atoms with Gasteiger partial charge >= 0.3 is 0 Å². The number of ether oxygens (including phenoxy) is 1.